The van der Waals surface area contributed by atoms with Crippen LogP contribution in [0.2, 0.25) is 0 Å². The molecule has 0 spiro atoms. The number of carbonyl (C=O) groups excluding carboxylic acids is 12. The molecule has 580 valence electrons. The lowest BCUT2D eigenvalue weighted by atomic mass is 9.94. The first-order valence-electron chi connectivity index (χ1n) is 35.9. The van der Waals surface area contributed by atoms with Crippen LogP contribution < -0.4 is 68.8 Å². The number of rotatable bonds is 15. The van der Waals surface area contributed by atoms with Crippen molar-refractivity contribution in [2.75, 3.05) is 39.9 Å². The Morgan fingerprint density at radius 2 is 1.31 bits per heavy atom. The molecule has 4 aliphatic rings. The van der Waals surface area contributed by atoms with Crippen LogP contribution >= 0.6 is 0 Å². The lowest BCUT2D eigenvalue weighted by Crippen LogP contribution is -2.64. The van der Waals surface area contributed by atoms with Crippen LogP contribution in [-0.2, 0) is 83.2 Å². The van der Waals surface area contributed by atoms with Crippen molar-refractivity contribution < 1.29 is 85.3 Å². The highest BCUT2D eigenvalue weighted by atomic mass is 19.1. The number of H-pyrrole nitrogens is 2. The fraction of sp³-hybridized carbons (Fsp3) is 0.467. The van der Waals surface area contributed by atoms with Crippen molar-refractivity contribution in [3.05, 3.63) is 131 Å². The summed E-state index contributed by atoms with van der Waals surface area (Å²) in [5.74, 6) is -12.4. The summed E-state index contributed by atoms with van der Waals surface area (Å²) >= 11 is 0. The number of carbonyl (C=O) groups is 12. The average Bonchev–Trinajstić information content (AvgIpc) is 1.39. The van der Waals surface area contributed by atoms with Crippen molar-refractivity contribution in [1.29, 1.82) is 0 Å². The molecule has 2 bridgehead atoms. The van der Waals surface area contributed by atoms with Crippen LogP contribution in [0.4, 0.5) is 13.2 Å². The van der Waals surface area contributed by atoms with E-state index in [0.717, 1.165) is 17.9 Å². The number of nitrogens with one attached hydrogen (secondary N) is 11. The van der Waals surface area contributed by atoms with E-state index in [4.69, 9.17) is 20.9 Å². The Morgan fingerprint density at radius 3 is 1.92 bits per heavy atom. The van der Waals surface area contributed by atoms with Gasteiger partial charge in [0.25, 0.3) is 0 Å². The number of halogens is 3. The SMILES string of the molecule is COc1ccc(C[C@@H]2NC(=O)[C@H]([C@@H](C)O)NC(=O)[C@@H]3C[C@H](F)CN3C(=O)[C@H](Cc3c[nH]c4ccc(F)cc34)NC(=O)[C@H](Cc3c[nH]c4ccc(F)cc34)NC(=O)[C@@H](C)NC(=O)[C@H](CCCCN)NC(=O)[C@@H](NC(=O)C(C)C)CC(=O)NCCOc3ccc(cc3)C[C@@H](C(N)=O)NC(=O)[C@]3(C)CCCN3C2=O)cc1. The molecule has 2 saturated heterocycles. The van der Waals surface area contributed by atoms with Crippen molar-refractivity contribution >= 4 is 92.7 Å². The molecule has 4 aliphatic heterocycles. The number of alkyl halides is 1. The molecule has 6 heterocycles. The quantitative estimate of drug-likeness (QED) is 0.0503. The first-order chi connectivity index (χ1) is 51.4. The molecule has 2 aromatic heterocycles. The molecule has 2 fully saturated rings. The van der Waals surface area contributed by atoms with Crippen LogP contribution in [0.15, 0.2) is 97.3 Å². The minimum atomic E-state index is -1.93. The molecule has 6 aromatic rings. The van der Waals surface area contributed by atoms with Gasteiger partial charge in [0.05, 0.1) is 32.7 Å². The van der Waals surface area contributed by atoms with Crippen LogP contribution in [0.3, 0.4) is 0 Å². The van der Waals surface area contributed by atoms with Gasteiger partial charge in [0, 0.05) is 78.8 Å². The number of primary amides is 1. The van der Waals surface area contributed by atoms with Gasteiger partial charge in [-0.25, -0.2) is 13.2 Å². The Balaban J connectivity index is 1.07. The monoisotopic (exact) mass is 1500 g/mol. The number of aromatic nitrogens is 2. The fourth-order valence-electron chi connectivity index (χ4n) is 13.5. The van der Waals surface area contributed by atoms with Gasteiger partial charge in [0.15, 0.2) is 0 Å². The Labute approximate surface area is 620 Å². The van der Waals surface area contributed by atoms with Crippen LogP contribution in [0.25, 0.3) is 21.8 Å². The lowest BCUT2D eigenvalue weighted by Gasteiger charge is -2.37. The van der Waals surface area contributed by atoms with Gasteiger partial charge in [-0.05, 0) is 142 Å². The van der Waals surface area contributed by atoms with Gasteiger partial charge in [-0.1, -0.05) is 38.1 Å². The number of amides is 12. The number of fused-ring (bicyclic) bond motifs is 32. The van der Waals surface area contributed by atoms with Crippen molar-refractivity contribution in [3.63, 3.8) is 0 Å². The normalized spacial score (nSPS) is 25.0. The van der Waals surface area contributed by atoms with Gasteiger partial charge in [0.2, 0.25) is 70.9 Å². The van der Waals surface area contributed by atoms with Crippen LogP contribution in [0.1, 0.15) is 102 Å². The number of aliphatic hydroxyl groups is 1. The second kappa shape index (κ2) is 36.5. The highest BCUT2D eigenvalue weighted by Crippen LogP contribution is 2.32. The van der Waals surface area contributed by atoms with Crippen molar-refractivity contribution in [2.24, 2.45) is 17.4 Å². The maximum absolute atomic E-state index is 16.2. The van der Waals surface area contributed by atoms with E-state index in [1.165, 1.54) is 68.6 Å². The van der Waals surface area contributed by atoms with Crippen LogP contribution in [0, 0.1) is 17.6 Å². The van der Waals surface area contributed by atoms with Gasteiger partial charge < -0.3 is 93.7 Å². The number of methoxy groups -OCH3 is 1. The van der Waals surface area contributed by atoms with E-state index in [1.807, 2.05) is 0 Å². The zero-order valence-electron chi connectivity index (χ0n) is 60.8. The number of hydrogen-bond donors (Lipinski definition) is 14. The molecule has 0 aliphatic carbocycles. The molecule has 12 amide bonds. The van der Waals surface area contributed by atoms with E-state index in [1.54, 1.807) is 62.4 Å². The summed E-state index contributed by atoms with van der Waals surface area (Å²) < 4.78 is 57.5. The van der Waals surface area contributed by atoms with Gasteiger partial charge in [-0.2, -0.15) is 0 Å². The summed E-state index contributed by atoms with van der Waals surface area (Å²) in [5.41, 5.74) is 12.4. The molecular formula is C75H94F3N15O15. The molecule has 10 rings (SSSR count). The van der Waals surface area contributed by atoms with E-state index in [-0.39, 0.29) is 86.7 Å². The third kappa shape index (κ3) is 20.5. The second-order valence-corrected chi connectivity index (χ2v) is 28.1. The van der Waals surface area contributed by atoms with E-state index < -0.39 is 193 Å². The summed E-state index contributed by atoms with van der Waals surface area (Å²) in [7, 11) is 1.45. The Hall–Kier alpha value is -11.1. The summed E-state index contributed by atoms with van der Waals surface area (Å²) in [4.78, 5) is 182. The number of aliphatic hydroxyl groups excluding tert-OH is 1. The fourth-order valence-corrected chi connectivity index (χ4v) is 13.5. The van der Waals surface area contributed by atoms with Gasteiger partial charge in [-0.3, -0.25) is 57.5 Å². The summed E-state index contributed by atoms with van der Waals surface area (Å²) in [6, 6.07) is 5.80. The maximum atomic E-state index is 16.2. The van der Waals surface area contributed by atoms with Crippen molar-refractivity contribution in [3.8, 4) is 11.5 Å². The minimum Gasteiger partial charge on any atom is -0.497 e. The molecule has 0 radical (unpaired) electrons. The predicted octanol–water partition coefficient (Wildman–Crippen LogP) is 0.975. The maximum Gasteiger partial charge on any atom is 0.246 e. The summed E-state index contributed by atoms with van der Waals surface area (Å²) in [6.07, 6.45) is -2.41. The number of nitrogens with zero attached hydrogens (tertiary/aromatic N) is 2. The van der Waals surface area contributed by atoms with Gasteiger partial charge in [0.1, 0.15) is 95.8 Å². The summed E-state index contributed by atoms with van der Waals surface area (Å²) in [6.45, 7) is 6.23. The largest absolute Gasteiger partial charge is 0.497 e. The Morgan fingerprint density at radius 1 is 0.704 bits per heavy atom. The second-order valence-electron chi connectivity index (χ2n) is 28.1. The van der Waals surface area contributed by atoms with E-state index in [9.17, 15) is 48.3 Å². The highest BCUT2D eigenvalue weighted by molar-refractivity contribution is 6.01. The Bertz CT molecular complexity index is 4290. The molecule has 16 N–H and O–H groups in total. The number of unbranched alkanes of at least 4 members (excludes halogenated alkanes) is 1. The van der Waals surface area contributed by atoms with Crippen molar-refractivity contribution in [1.82, 2.24) is 67.6 Å². The van der Waals surface area contributed by atoms with Crippen LogP contribution in [0.5, 0.6) is 11.5 Å². The standard InChI is InChI=1S/C75H94F3N15O15/c1-39(2)65(97)86-58-35-62(95)81-25-27-108-50-19-13-42(14-20-50)28-56(64(80)96)90-74(106)75(5)23-9-26-93(75)73(105)59(29-43-11-17-49(107-6)18-12-43)89-71(103)63(41(4)94)91-70(102)61-34-48(78)38-92(61)72(104)60(31-45-37-83-54-22-16-47(77)33-52(45)54)88-68(100)57(30-44-36-82-53-21-15-46(76)32-51(44)53)87-66(98)40(3)84-67(99)55(85-69(58)101)10-7-8-24-79/h11-22,32-33,36-37,39-41,48,55-61,63,82-83,94H,7-10,23-31,34-35,38,79H2,1-6H3,(H2,80,96)(H,81,95)(H,84,99)(H,85,101)(H,86,97)(H,87,98)(H,88,100)(H,89,103)(H,90,106)(H,91,102)/t40-,41-,48+,55+,56+,57+,58+,59+,60+,61+,63+,75+/m1/s1. The van der Waals surface area contributed by atoms with E-state index >= 15 is 27.6 Å². The number of ether oxygens (including phenoxy) is 2. The zero-order chi connectivity index (χ0) is 78.3. The van der Waals surface area contributed by atoms with Crippen LogP contribution in [-0.4, -0.2) is 208 Å². The summed E-state index contributed by atoms with van der Waals surface area (Å²) in [5, 5.41) is 35.4. The smallest absolute Gasteiger partial charge is 0.246 e. The average molecular weight is 1500 g/mol. The molecule has 30 nitrogen and oxygen atoms in total. The van der Waals surface area contributed by atoms with Gasteiger partial charge >= 0.3 is 0 Å². The predicted molar refractivity (Wildman–Crippen MR) is 388 cm³/mol. The third-order valence-corrected chi connectivity index (χ3v) is 19.6. The topological polar surface area (TPSA) is 442 Å². The lowest BCUT2D eigenvalue weighted by molar-refractivity contribution is -0.147. The molecule has 12 atom stereocenters. The molecule has 33 heteroatoms. The number of benzene rings is 4. The first-order valence-corrected chi connectivity index (χ1v) is 35.9. The molecule has 4 aromatic carbocycles. The highest BCUT2D eigenvalue weighted by Gasteiger charge is 2.50. The van der Waals surface area contributed by atoms with Gasteiger partial charge in [-0.15, -0.1) is 0 Å². The number of hydrogen-bond acceptors (Lipinski definition) is 16. The number of nitrogens with two attached hydrogens (primary N) is 2. The molecule has 0 unspecified atom stereocenters. The molecule has 108 heavy (non-hydrogen) atoms. The molecular weight excluding hydrogens is 1410 g/mol. The van der Waals surface area contributed by atoms with Crippen molar-refractivity contribution in [2.45, 2.75) is 177 Å². The third-order valence-electron chi connectivity index (χ3n) is 19.6. The van der Waals surface area contributed by atoms with E-state index in [2.05, 4.69) is 57.8 Å². The molecule has 0 saturated carbocycles. The Kier molecular flexibility index (Phi) is 27.4. The number of aromatic amines is 2. The zero-order valence-corrected chi connectivity index (χ0v) is 60.8. The minimum absolute atomic E-state index is 0.0143. The first kappa shape index (κ1) is 81.0. The van der Waals surface area contributed by atoms with E-state index in [0.29, 0.717) is 40.1 Å².